The van der Waals surface area contributed by atoms with Crippen LogP contribution in [0.4, 0.5) is 0 Å². The van der Waals surface area contributed by atoms with Gasteiger partial charge in [0.25, 0.3) is 0 Å². The molecule has 0 aromatic rings. The molecule has 0 aliphatic carbocycles. The molecule has 0 amide bonds. The molecule has 0 bridgehead atoms. The first-order valence-electron chi connectivity index (χ1n) is 10.6. The van der Waals surface area contributed by atoms with Crippen molar-refractivity contribution in [2.45, 2.75) is 96.9 Å². The predicted octanol–water partition coefficient (Wildman–Crippen LogP) is 3.92. The highest BCUT2D eigenvalue weighted by atomic mass is 16.5. The number of carboxylic acid groups (broad SMARTS) is 1. The van der Waals surface area contributed by atoms with Gasteiger partial charge in [0.1, 0.15) is 6.04 Å². The minimum Gasteiger partial charge on any atom is -0.544 e. The van der Waals surface area contributed by atoms with Crippen molar-refractivity contribution in [1.82, 2.24) is 0 Å². The molecule has 4 heteroatoms. The van der Waals surface area contributed by atoms with Crippen LogP contribution >= 0.6 is 0 Å². The van der Waals surface area contributed by atoms with Gasteiger partial charge in [0.05, 0.1) is 33.2 Å². The molecule has 1 unspecified atom stereocenters. The van der Waals surface area contributed by atoms with Gasteiger partial charge in [-0.15, -0.1) is 0 Å². The SMILES string of the molecule is CCCCCCCCCCCCOCCC[N+](C)(C)C(CC)C(=O)[O-]. The third-order valence-electron chi connectivity index (χ3n) is 5.17. The van der Waals surface area contributed by atoms with Gasteiger partial charge < -0.3 is 19.1 Å². The van der Waals surface area contributed by atoms with E-state index in [0.717, 1.165) is 32.6 Å². The van der Waals surface area contributed by atoms with Crippen LogP contribution in [0.2, 0.25) is 0 Å². The number of hydrogen-bond acceptors (Lipinski definition) is 3. The van der Waals surface area contributed by atoms with Crippen molar-refractivity contribution in [2.24, 2.45) is 0 Å². The minimum atomic E-state index is -0.946. The minimum absolute atomic E-state index is 0.429. The molecular weight excluding hydrogens is 314 g/mol. The Labute approximate surface area is 156 Å². The number of nitrogens with zero attached hydrogens (tertiary/aromatic N) is 1. The summed E-state index contributed by atoms with van der Waals surface area (Å²) in [6.45, 7) is 6.54. The van der Waals surface area contributed by atoms with Gasteiger partial charge in [0, 0.05) is 19.4 Å². The fourth-order valence-corrected chi connectivity index (χ4v) is 3.47. The van der Waals surface area contributed by atoms with Crippen LogP contribution in [0, 0.1) is 0 Å². The Morgan fingerprint density at radius 2 is 1.32 bits per heavy atom. The van der Waals surface area contributed by atoms with Crippen molar-refractivity contribution in [3.63, 3.8) is 0 Å². The van der Waals surface area contributed by atoms with Crippen LogP contribution in [-0.4, -0.2) is 50.3 Å². The van der Waals surface area contributed by atoms with E-state index in [1.807, 2.05) is 21.0 Å². The molecule has 4 nitrogen and oxygen atoms in total. The summed E-state index contributed by atoms with van der Waals surface area (Å²) in [5.41, 5.74) is 0. The Morgan fingerprint density at radius 3 is 1.80 bits per heavy atom. The number of carbonyl (C=O) groups is 1. The van der Waals surface area contributed by atoms with E-state index in [-0.39, 0.29) is 0 Å². The monoisotopic (exact) mass is 357 g/mol. The molecule has 0 spiro atoms. The Hall–Kier alpha value is -0.610. The maximum Gasteiger partial charge on any atom is 0.128 e. The predicted molar refractivity (Wildman–Crippen MR) is 103 cm³/mol. The molecule has 0 N–H and O–H groups in total. The molecule has 0 rings (SSSR count). The number of likely N-dealkylation sites (N-methyl/N-ethyl adjacent to an activating group) is 1. The second-order valence-electron chi connectivity index (χ2n) is 7.89. The van der Waals surface area contributed by atoms with Crippen molar-refractivity contribution in [3.8, 4) is 0 Å². The number of rotatable bonds is 18. The molecule has 1 atom stereocenters. The molecule has 150 valence electrons. The van der Waals surface area contributed by atoms with Gasteiger partial charge in [-0.2, -0.15) is 0 Å². The fraction of sp³-hybridized carbons (Fsp3) is 0.952. The number of hydrogen-bond donors (Lipinski definition) is 0. The topological polar surface area (TPSA) is 49.4 Å². The van der Waals surface area contributed by atoms with Gasteiger partial charge in [-0.25, -0.2) is 0 Å². The number of quaternary nitrogens is 1. The summed E-state index contributed by atoms with van der Waals surface area (Å²) < 4.78 is 6.17. The lowest BCUT2D eigenvalue weighted by atomic mass is 10.1. The van der Waals surface area contributed by atoms with E-state index in [0.29, 0.717) is 10.9 Å². The zero-order valence-electron chi connectivity index (χ0n) is 17.4. The van der Waals surface area contributed by atoms with Crippen LogP contribution in [0.15, 0.2) is 0 Å². The van der Waals surface area contributed by atoms with E-state index >= 15 is 0 Å². The smallest absolute Gasteiger partial charge is 0.128 e. The molecule has 0 heterocycles. The summed E-state index contributed by atoms with van der Waals surface area (Å²) in [4.78, 5) is 11.2. The van der Waals surface area contributed by atoms with Crippen molar-refractivity contribution in [2.75, 3.05) is 33.9 Å². The summed E-state index contributed by atoms with van der Waals surface area (Å²) in [7, 11) is 3.93. The number of aliphatic carboxylic acids is 1. The molecule has 0 radical (unpaired) electrons. The Balaban J connectivity index is 3.43. The standard InChI is InChI=1S/C21H43NO3/c1-5-7-8-9-10-11-12-13-14-15-18-25-19-16-17-22(3,4)20(6-2)21(23)24/h20H,5-19H2,1-4H3. The molecule has 25 heavy (non-hydrogen) atoms. The van der Waals surface area contributed by atoms with Gasteiger partial charge in [-0.3, -0.25) is 0 Å². The first-order chi connectivity index (χ1) is 12.0. The number of carbonyl (C=O) groups excluding carboxylic acids is 1. The third-order valence-corrected chi connectivity index (χ3v) is 5.17. The van der Waals surface area contributed by atoms with E-state index in [1.54, 1.807) is 0 Å². The van der Waals surface area contributed by atoms with Crippen LogP contribution in [0.5, 0.6) is 0 Å². The summed E-state index contributed by atoms with van der Waals surface area (Å²) in [6.07, 6.45) is 14.9. The Kier molecular flexibility index (Phi) is 15.2. The second-order valence-corrected chi connectivity index (χ2v) is 7.89. The zero-order valence-corrected chi connectivity index (χ0v) is 17.4. The third kappa shape index (κ3) is 13.3. The van der Waals surface area contributed by atoms with Crippen molar-refractivity contribution < 1.29 is 19.1 Å². The molecule has 0 aromatic carbocycles. The number of unbranched alkanes of at least 4 members (excludes halogenated alkanes) is 9. The van der Waals surface area contributed by atoms with Gasteiger partial charge in [-0.05, 0) is 6.42 Å². The van der Waals surface area contributed by atoms with Crippen molar-refractivity contribution in [1.29, 1.82) is 0 Å². The quantitative estimate of drug-likeness (QED) is 0.276. The second kappa shape index (κ2) is 15.6. The summed E-state index contributed by atoms with van der Waals surface area (Å²) in [5, 5.41) is 11.2. The van der Waals surface area contributed by atoms with Crippen LogP contribution in [0.3, 0.4) is 0 Å². The maximum absolute atomic E-state index is 11.2. The summed E-state index contributed by atoms with van der Waals surface area (Å²) in [5.74, 6) is -0.946. The molecule has 0 saturated heterocycles. The summed E-state index contributed by atoms with van der Waals surface area (Å²) >= 11 is 0. The normalized spacial score (nSPS) is 13.1. The lowest BCUT2D eigenvalue weighted by molar-refractivity contribution is -0.909. The van der Waals surface area contributed by atoms with Gasteiger partial charge in [0.15, 0.2) is 0 Å². The first kappa shape index (κ1) is 24.4. The van der Waals surface area contributed by atoms with E-state index < -0.39 is 12.0 Å². The summed E-state index contributed by atoms with van der Waals surface area (Å²) in [6, 6.07) is -0.429. The van der Waals surface area contributed by atoms with E-state index in [4.69, 9.17) is 4.74 Å². The first-order valence-corrected chi connectivity index (χ1v) is 10.6. The fourth-order valence-electron chi connectivity index (χ4n) is 3.47. The van der Waals surface area contributed by atoms with Crippen LogP contribution in [-0.2, 0) is 9.53 Å². The van der Waals surface area contributed by atoms with Crippen LogP contribution in [0.1, 0.15) is 90.9 Å². The molecular formula is C21H43NO3. The van der Waals surface area contributed by atoms with Crippen molar-refractivity contribution in [3.05, 3.63) is 0 Å². The Bertz CT molecular complexity index is 318. The zero-order chi connectivity index (χ0) is 19.0. The van der Waals surface area contributed by atoms with E-state index in [9.17, 15) is 9.90 Å². The molecule has 0 aliphatic heterocycles. The van der Waals surface area contributed by atoms with Gasteiger partial charge in [-0.1, -0.05) is 71.6 Å². The van der Waals surface area contributed by atoms with Crippen molar-refractivity contribution >= 4 is 5.97 Å². The lowest BCUT2D eigenvalue weighted by Gasteiger charge is -2.38. The average molecular weight is 358 g/mol. The number of carboxylic acids is 1. The van der Waals surface area contributed by atoms with E-state index in [1.165, 1.54) is 57.8 Å². The molecule has 0 aromatic heterocycles. The number of ether oxygens (including phenoxy) is 1. The largest absolute Gasteiger partial charge is 0.544 e. The molecule has 0 saturated carbocycles. The highest BCUT2D eigenvalue weighted by molar-refractivity contribution is 5.69. The lowest BCUT2D eigenvalue weighted by Crippen LogP contribution is -2.57. The maximum atomic E-state index is 11.2. The highest BCUT2D eigenvalue weighted by Crippen LogP contribution is 2.12. The molecule has 0 fully saturated rings. The van der Waals surface area contributed by atoms with Crippen LogP contribution < -0.4 is 5.11 Å². The van der Waals surface area contributed by atoms with E-state index in [2.05, 4.69) is 6.92 Å². The highest BCUT2D eigenvalue weighted by Gasteiger charge is 2.27. The Morgan fingerprint density at radius 1 is 0.840 bits per heavy atom. The van der Waals surface area contributed by atoms with Gasteiger partial charge in [0.2, 0.25) is 0 Å². The van der Waals surface area contributed by atoms with Crippen LogP contribution in [0.25, 0.3) is 0 Å². The average Bonchev–Trinajstić information content (AvgIpc) is 2.55. The van der Waals surface area contributed by atoms with Gasteiger partial charge >= 0.3 is 0 Å². The molecule has 0 aliphatic rings.